The largest absolute Gasteiger partial charge is 0.508 e. The van der Waals surface area contributed by atoms with Crippen LogP contribution in [0.5, 0.6) is 5.75 Å². The van der Waals surface area contributed by atoms with Gasteiger partial charge in [-0.1, -0.05) is 0 Å². The maximum atomic E-state index is 13.4. The lowest BCUT2D eigenvalue weighted by Gasteiger charge is -2.12. The van der Waals surface area contributed by atoms with Crippen molar-refractivity contribution in [1.82, 2.24) is 5.32 Å². The topological polar surface area (TPSA) is 32.3 Å². The van der Waals surface area contributed by atoms with E-state index in [9.17, 15) is 13.9 Å². The number of aromatic hydroxyl groups is 1. The summed E-state index contributed by atoms with van der Waals surface area (Å²) < 4.78 is 26.3. The molecule has 1 unspecified atom stereocenters. The molecule has 1 heterocycles. The minimum atomic E-state index is -0.927. The van der Waals surface area contributed by atoms with E-state index in [1.807, 2.05) is 0 Å². The van der Waals surface area contributed by atoms with Gasteiger partial charge in [0.1, 0.15) is 5.75 Å². The molecule has 4 heteroatoms. The second-order valence-electron chi connectivity index (χ2n) is 3.86. The van der Waals surface area contributed by atoms with Crippen molar-refractivity contribution in [3.63, 3.8) is 0 Å². The van der Waals surface area contributed by atoms with Crippen molar-refractivity contribution in [1.29, 1.82) is 0 Å². The molecule has 0 amide bonds. The Hall–Kier alpha value is -1.16. The van der Waals surface area contributed by atoms with Gasteiger partial charge in [-0.3, -0.25) is 0 Å². The first kappa shape index (κ1) is 10.4. The Morgan fingerprint density at radius 1 is 1.40 bits per heavy atom. The standard InChI is InChI=1S/C11H13F2NO/c12-9-3-4-10(15)8(11(9)13)6-7-2-1-5-14-7/h3-4,7,14-15H,1-2,5-6H2. The van der Waals surface area contributed by atoms with Crippen LogP contribution in [0.4, 0.5) is 8.78 Å². The summed E-state index contributed by atoms with van der Waals surface area (Å²) >= 11 is 0. The van der Waals surface area contributed by atoms with Gasteiger partial charge in [-0.2, -0.15) is 0 Å². The molecule has 0 aromatic heterocycles. The van der Waals surface area contributed by atoms with Gasteiger partial charge >= 0.3 is 0 Å². The maximum Gasteiger partial charge on any atom is 0.165 e. The summed E-state index contributed by atoms with van der Waals surface area (Å²) in [5, 5.41) is 12.6. The summed E-state index contributed by atoms with van der Waals surface area (Å²) in [4.78, 5) is 0. The SMILES string of the molecule is Oc1ccc(F)c(F)c1CC1CCCN1. The first-order chi connectivity index (χ1) is 7.18. The first-order valence-electron chi connectivity index (χ1n) is 5.07. The average molecular weight is 213 g/mol. The lowest BCUT2D eigenvalue weighted by atomic mass is 10.0. The molecule has 2 N–H and O–H groups in total. The monoisotopic (exact) mass is 213 g/mol. The second-order valence-corrected chi connectivity index (χ2v) is 3.86. The van der Waals surface area contributed by atoms with Crippen LogP contribution in [0.1, 0.15) is 18.4 Å². The van der Waals surface area contributed by atoms with Crippen LogP contribution in [0.15, 0.2) is 12.1 Å². The normalized spacial score (nSPS) is 20.8. The van der Waals surface area contributed by atoms with Gasteiger partial charge in [0.15, 0.2) is 11.6 Å². The molecule has 2 rings (SSSR count). The highest BCUT2D eigenvalue weighted by Crippen LogP contribution is 2.25. The van der Waals surface area contributed by atoms with Crippen LogP contribution in [-0.4, -0.2) is 17.7 Å². The molecule has 0 aliphatic carbocycles. The summed E-state index contributed by atoms with van der Waals surface area (Å²) in [6.45, 7) is 0.905. The Kier molecular flexibility index (Phi) is 2.86. The fourth-order valence-electron chi connectivity index (χ4n) is 1.95. The van der Waals surface area contributed by atoms with Crippen LogP contribution in [0.25, 0.3) is 0 Å². The Morgan fingerprint density at radius 2 is 2.20 bits per heavy atom. The first-order valence-corrected chi connectivity index (χ1v) is 5.07. The smallest absolute Gasteiger partial charge is 0.165 e. The van der Waals surface area contributed by atoms with Gasteiger partial charge in [0.2, 0.25) is 0 Å². The molecule has 1 aliphatic rings. The Balaban J connectivity index is 2.22. The van der Waals surface area contributed by atoms with Gasteiger partial charge in [-0.05, 0) is 37.9 Å². The van der Waals surface area contributed by atoms with Crippen LogP contribution in [0.2, 0.25) is 0 Å². The second kappa shape index (κ2) is 4.14. The summed E-state index contributed by atoms with van der Waals surface area (Å²) in [6.07, 6.45) is 2.33. The van der Waals surface area contributed by atoms with Crippen LogP contribution >= 0.6 is 0 Å². The third-order valence-electron chi connectivity index (χ3n) is 2.78. The number of nitrogens with one attached hydrogen (secondary N) is 1. The molecule has 0 radical (unpaired) electrons. The number of phenols is 1. The molecule has 2 nitrogen and oxygen atoms in total. The van der Waals surface area contributed by atoms with Crippen LogP contribution in [0, 0.1) is 11.6 Å². The van der Waals surface area contributed by atoms with E-state index in [-0.39, 0.29) is 17.4 Å². The van der Waals surface area contributed by atoms with E-state index in [1.165, 1.54) is 6.07 Å². The van der Waals surface area contributed by atoms with Crippen LogP contribution in [0.3, 0.4) is 0 Å². The summed E-state index contributed by atoms with van der Waals surface area (Å²) in [5.74, 6) is -1.99. The highest BCUT2D eigenvalue weighted by atomic mass is 19.2. The molecule has 1 saturated heterocycles. The Morgan fingerprint density at radius 3 is 2.87 bits per heavy atom. The predicted molar refractivity (Wildman–Crippen MR) is 52.8 cm³/mol. The van der Waals surface area contributed by atoms with Gasteiger partial charge in [-0.25, -0.2) is 8.78 Å². The zero-order valence-electron chi connectivity index (χ0n) is 8.26. The van der Waals surface area contributed by atoms with E-state index in [0.29, 0.717) is 6.42 Å². The average Bonchev–Trinajstić information content (AvgIpc) is 2.71. The molecule has 0 saturated carbocycles. The number of hydrogen-bond donors (Lipinski definition) is 2. The fourth-order valence-corrected chi connectivity index (χ4v) is 1.95. The highest BCUT2D eigenvalue weighted by Gasteiger charge is 2.20. The summed E-state index contributed by atoms with van der Waals surface area (Å²) in [5.41, 5.74) is 0.0781. The summed E-state index contributed by atoms with van der Waals surface area (Å²) in [7, 11) is 0. The van der Waals surface area contributed by atoms with Crippen molar-refractivity contribution >= 4 is 0 Å². The zero-order valence-corrected chi connectivity index (χ0v) is 8.26. The number of phenolic OH excluding ortho intramolecular Hbond substituents is 1. The van der Waals surface area contributed by atoms with Crippen molar-refractivity contribution in [3.05, 3.63) is 29.3 Å². The molecule has 1 fully saturated rings. The molecule has 82 valence electrons. The third-order valence-corrected chi connectivity index (χ3v) is 2.78. The predicted octanol–water partition coefficient (Wildman–Crippen LogP) is 1.96. The van der Waals surface area contributed by atoms with E-state index in [2.05, 4.69) is 5.32 Å². The third kappa shape index (κ3) is 2.09. The number of benzene rings is 1. The molecule has 1 atom stereocenters. The van der Waals surface area contributed by atoms with E-state index in [4.69, 9.17) is 0 Å². The zero-order chi connectivity index (χ0) is 10.8. The van der Waals surface area contributed by atoms with Crippen molar-refractivity contribution < 1.29 is 13.9 Å². The molecule has 1 aliphatic heterocycles. The van der Waals surface area contributed by atoms with Crippen molar-refractivity contribution in [3.8, 4) is 5.75 Å². The number of halogens is 2. The molecule has 0 spiro atoms. The Bertz CT molecular complexity index is 362. The van der Waals surface area contributed by atoms with Gasteiger partial charge in [0.25, 0.3) is 0 Å². The number of rotatable bonds is 2. The van der Waals surface area contributed by atoms with Crippen molar-refractivity contribution in [2.45, 2.75) is 25.3 Å². The molecule has 1 aromatic carbocycles. The molecular weight excluding hydrogens is 200 g/mol. The maximum absolute atomic E-state index is 13.4. The van der Waals surface area contributed by atoms with E-state index >= 15 is 0 Å². The Labute approximate surface area is 86.9 Å². The van der Waals surface area contributed by atoms with Crippen molar-refractivity contribution in [2.75, 3.05) is 6.54 Å². The molecule has 0 bridgehead atoms. The van der Waals surface area contributed by atoms with Gasteiger partial charge < -0.3 is 10.4 Å². The van der Waals surface area contributed by atoms with Gasteiger partial charge in [0, 0.05) is 11.6 Å². The van der Waals surface area contributed by atoms with Crippen LogP contribution in [-0.2, 0) is 6.42 Å². The lowest BCUT2D eigenvalue weighted by Crippen LogP contribution is -2.24. The number of hydrogen-bond acceptors (Lipinski definition) is 2. The van der Waals surface area contributed by atoms with Crippen LogP contribution < -0.4 is 5.32 Å². The molecule has 1 aromatic rings. The minimum absolute atomic E-state index is 0.0781. The quantitative estimate of drug-likeness (QED) is 0.787. The van der Waals surface area contributed by atoms with E-state index < -0.39 is 11.6 Å². The minimum Gasteiger partial charge on any atom is -0.508 e. The summed E-state index contributed by atoms with van der Waals surface area (Å²) in [6, 6.07) is 2.28. The molecule has 15 heavy (non-hydrogen) atoms. The van der Waals surface area contributed by atoms with Gasteiger partial charge in [0.05, 0.1) is 0 Å². The van der Waals surface area contributed by atoms with E-state index in [0.717, 1.165) is 25.5 Å². The highest BCUT2D eigenvalue weighted by molar-refractivity contribution is 5.34. The molecular formula is C11H13F2NO. The lowest BCUT2D eigenvalue weighted by molar-refractivity contribution is 0.433. The van der Waals surface area contributed by atoms with E-state index in [1.54, 1.807) is 0 Å². The van der Waals surface area contributed by atoms with Gasteiger partial charge in [-0.15, -0.1) is 0 Å². The fraction of sp³-hybridized carbons (Fsp3) is 0.455. The van der Waals surface area contributed by atoms with Crippen molar-refractivity contribution in [2.24, 2.45) is 0 Å².